The van der Waals surface area contributed by atoms with Crippen molar-refractivity contribution in [2.45, 2.75) is 50.5 Å². The van der Waals surface area contributed by atoms with Crippen LogP contribution in [0.4, 0.5) is 14.3 Å². The molecule has 0 radical (unpaired) electrons. The van der Waals surface area contributed by atoms with Gasteiger partial charge in [-0.25, -0.2) is 14.2 Å². The highest BCUT2D eigenvalue weighted by Gasteiger charge is 2.52. The lowest BCUT2D eigenvalue weighted by atomic mass is 9.98. The first-order chi connectivity index (χ1) is 14.4. The number of carbonyl (C=O) groups excluding carboxylic acids is 3. The third-order valence-corrected chi connectivity index (χ3v) is 6.49. The van der Waals surface area contributed by atoms with Crippen LogP contribution in [0.3, 0.4) is 0 Å². The Hall–Kier alpha value is -2.81. The smallest absolute Gasteiger partial charge is 0.323 e. The molecule has 1 aromatic heterocycles. The van der Waals surface area contributed by atoms with Gasteiger partial charge >= 0.3 is 6.03 Å². The zero-order valence-electron chi connectivity index (χ0n) is 16.4. The highest BCUT2D eigenvalue weighted by atomic mass is 32.1. The number of hydrogen-bond donors (Lipinski definition) is 2. The fourth-order valence-corrected chi connectivity index (χ4v) is 4.89. The second kappa shape index (κ2) is 8.51. The van der Waals surface area contributed by atoms with Crippen LogP contribution in [0.15, 0.2) is 30.5 Å². The molecule has 2 aromatic rings. The molecule has 2 heterocycles. The third kappa shape index (κ3) is 4.35. The van der Waals surface area contributed by atoms with Crippen LogP contribution in [0.5, 0.6) is 0 Å². The number of rotatable bonds is 7. The van der Waals surface area contributed by atoms with E-state index in [4.69, 9.17) is 0 Å². The third-order valence-electron chi connectivity index (χ3n) is 5.58. The molecule has 158 valence electrons. The minimum Gasteiger partial charge on any atom is -0.323 e. The van der Waals surface area contributed by atoms with Gasteiger partial charge in [0.1, 0.15) is 11.4 Å². The van der Waals surface area contributed by atoms with Crippen molar-refractivity contribution in [3.63, 3.8) is 0 Å². The molecule has 4 rings (SSSR count). The Labute approximate surface area is 177 Å². The van der Waals surface area contributed by atoms with Crippen molar-refractivity contribution in [2.24, 2.45) is 0 Å². The van der Waals surface area contributed by atoms with E-state index in [0.717, 1.165) is 23.3 Å². The Morgan fingerprint density at radius 2 is 1.97 bits per heavy atom. The van der Waals surface area contributed by atoms with E-state index in [1.54, 1.807) is 18.3 Å². The van der Waals surface area contributed by atoms with E-state index in [1.807, 2.05) is 0 Å². The second-order valence-corrected chi connectivity index (χ2v) is 8.88. The number of thiazole rings is 1. The number of nitrogens with one attached hydrogen (secondary N) is 2. The van der Waals surface area contributed by atoms with Crippen LogP contribution in [0.1, 0.15) is 49.0 Å². The summed E-state index contributed by atoms with van der Waals surface area (Å²) in [7, 11) is 0. The van der Waals surface area contributed by atoms with E-state index in [1.165, 1.54) is 28.4 Å². The second-order valence-electron chi connectivity index (χ2n) is 7.76. The first-order valence-corrected chi connectivity index (χ1v) is 10.9. The lowest BCUT2D eigenvalue weighted by molar-refractivity contribution is -0.131. The standard InChI is InChI=1S/C21H23FN4O3S/c22-15-7-5-14(6-8-15)12-16-13-23-19(30-16)24-17(27)4-3-11-26-18(28)21(25-20(26)29)9-1-2-10-21/h5-8,13H,1-4,9-12H2,(H,25,29)(H,23,24,27). The van der Waals surface area contributed by atoms with Crippen molar-refractivity contribution in [2.75, 3.05) is 11.9 Å². The Bertz CT molecular complexity index is 953. The molecule has 2 N–H and O–H groups in total. The molecule has 7 nitrogen and oxygen atoms in total. The quantitative estimate of drug-likeness (QED) is 0.658. The first kappa shape index (κ1) is 20.5. The van der Waals surface area contributed by atoms with Crippen LogP contribution < -0.4 is 10.6 Å². The molecule has 1 aliphatic carbocycles. The Kier molecular flexibility index (Phi) is 5.80. The molecule has 0 unspecified atom stereocenters. The molecule has 2 fully saturated rings. The average Bonchev–Trinajstić information content (AvgIpc) is 3.41. The van der Waals surface area contributed by atoms with Crippen LogP contribution in [0.2, 0.25) is 0 Å². The number of imide groups is 1. The summed E-state index contributed by atoms with van der Waals surface area (Å²) >= 11 is 1.37. The summed E-state index contributed by atoms with van der Waals surface area (Å²) in [6.45, 7) is 0.230. The number of anilines is 1. The number of benzene rings is 1. The molecule has 0 bridgehead atoms. The summed E-state index contributed by atoms with van der Waals surface area (Å²) in [4.78, 5) is 43.4. The van der Waals surface area contributed by atoms with E-state index in [9.17, 15) is 18.8 Å². The van der Waals surface area contributed by atoms with Crippen LogP contribution in [0, 0.1) is 5.82 Å². The van der Waals surface area contributed by atoms with Crippen LogP contribution in [-0.2, 0) is 16.0 Å². The molecule has 4 amide bonds. The zero-order chi connectivity index (χ0) is 21.1. The topological polar surface area (TPSA) is 91.4 Å². The molecule has 30 heavy (non-hydrogen) atoms. The number of amides is 4. The summed E-state index contributed by atoms with van der Waals surface area (Å²) in [5.74, 6) is -0.640. The van der Waals surface area contributed by atoms with Crippen molar-refractivity contribution in [3.05, 3.63) is 46.7 Å². The van der Waals surface area contributed by atoms with Crippen LogP contribution in [0.25, 0.3) is 0 Å². The Morgan fingerprint density at radius 1 is 1.23 bits per heavy atom. The lowest BCUT2D eigenvalue weighted by Crippen LogP contribution is -2.44. The normalized spacial score (nSPS) is 17.6. The Balaban J connectivity index is 1.23. The van der Waals surface area contributed by atoms with Gasteiger partial charge in [0.25, 0.3) is 5.91 Å². The van der Waals surface area contributed by atoms with Gasteiger partial charge in [0.15, 0.2) is 5.13 Å². The molecule has 1 saturated carbocycles. The van der Waals surface area contributed by atoms with Gasteiger partial charge in [0, 0.05) is 30.5 Å². The van der Waals surface area contributed by atoms with Crippen LogP contribution in [-0.4, -0.2) is 39.8 Å². The van der Waals surface area contributed by atoms with Gasteiger partial charge in [-0.15, -0.1) is 11.3 Å². The Morgan fingerprint density at radius 3 is 2.70 bits per heavy atom. The summed E-state index contributed by atoms with van der Waals surface area (Å²) in [6, 6.07) is 5.92. The number of aromatic nitrogens is 1. The summed E-state index contributed by atoms with van der Waals surface area (Å²) < 4.78 is 13.0. The molecule has 1 saturated heterocycles. The van der Waals surface area contributed by atoms with E-state index < -0.39 is 5.54 Å². The molecule has 1 aliphatic heterocycles. The number of hydrogen-bond acceptors (Lipinski definition) is 5. The number of nitrogens with zero attached hydrogens (tertiary/aromatic N) is 2. The minimum atomic E-state index is -0.707. The van der Waals surface area contributed by atoms with Crippen molar-refractivity contribution in [3.8, 4) is 0 Å². The largest absolute Gasteiger partial charge is 0.325 e. The van der Waals surface area contributed by atoms with Crippen molar-refractivity contribution >= 4 is 34.3 Å². The first-order valence-electron chi connectivity index (χ1n) is 10.1. The predicted molar refractivity (Wildman–Crippen MR) is 111 cm³/mol. The van der Waals surface area contributed by atoms with Gasteiger partial charge in [-0.2, -0.15) is 0 Å². The molecule has 9 heteroatoms. The molecular formula is C21H23FN4O3S. The van der Waals surface area contributed by atoms with Gasteiger partial charge in [-0.1, -0.05) is 25.0 Å². The number of urea groups is 1. The van der Waals surface area contributed by atoms with E-state index in [2.05, 4.69) is 15.6 Å². The summed E-state index contributed by atoms with van der Waals surface area (Å²) in [5.41, 5.74) is 0.257. The SMILES string of the molecule is O=C(CCCN1C(=O)NC2(CCCC2)C1=O)Nc1ncc(Cc2ccc(F)cc2)s1. The zero-order valence-corrected chi connectivity index (χ0v) is 17.3. The lowest BCUT2D eigenvalue weighted by Gasteiger charge is -2.19. The van der Waals surface area contributed by atoms with Gasteiger partial charge in [0.2, 0.25) is 5.91 Å². The van der Waals surface area contributed by atoms with E-state index in [-0.39, 0.29) is 36.6 Å². The number of carbonyl (C=O) groups is 3. The van der Waals surface area contributed by atoms with Crippen molar-refractivity contribution in [1.29, 1.82) is 0 Å². The monoisotopic (exact) mass is 430 g/mol. The maximum atomic E-state index is 13.0. The molecule has 0 atom stereocenters. The maximum Gasteiger partial charge on any atom is 0.325 e. The maximum absolute atomic E-state index is 13.0. The fourth-order valence-electron chi connectivity index (χ4n) is 4.03. The van der Waals surface area contributed by atoms with E-state index in [0.29, 0.717) is 30.8 Å². The molecular weight excluding hydrogens is 407 g/mol. The van der Waals surface area contributed by atoms with Gasteiger partial charge in [-0.05, 0) is 37.0 Å². The van der Waals surface area contributed by atoms with Crippen molar-refractivity contribution < 1.29 is 18.8 Å². The predicted octanol–water partition coefficient (Wildman–Crippen LogP) is 3.46. The van der Waals surface area contributed by atoms with Gasteiger partial charge < -0.3 is 10.6 Å². The van der Waals surface area contributed by atoms with Gasteiger partial charge in [-0.3, -0.25) is 14.5 Å². The minimum absolute atomic E-state index is 0.157. The molecule has 1 aromatic carbocycles. The highest BCUT2D eigenvalue weighted by molar-refractivity contribution is 7.15. The highest BCUT2D eigenvalue weighted by Crippen LogP contribution is 2.35. The van der Waals surface area contributed by atoms with E-state index >= 15 is 0 Å². The van der Waals surface area contributed by atoms with Crippen LogP contribution >= 0.6 is 11.3 Å². The fraction of sp³-hybridized carbons (Fsp3) is 0.429. The summed E-state index contributed by atoms with van der Waals surface area (Å²) in [5, 5.41) is 6.10. The van der Waals surface area contributed by atoms with Crippen molar-refractivity contribution in [1.82, 2.24) is 15.2 Å². The van der Waals surface area contributed by atoms with Gasteiger partial charge in [0.05, 0.1) is 0 Å². The summed E-state index contributed by atoms with van der Waals surface area (Å²) in [6.07, 6.45) is 6.17. The molecule has 1 spiro atoms. The number of halogens is 1. The molecule has 2 aliphatic rings. The average molecular weight is 431 g/mol.